The molecule has 0 unspecified atom stereocenters. The van der Waals surface area contributed by atoms with Crippen molar-refractivity contribution in [2.24, 2.45) is 0 Å². The minimum absolute atomic E-state index is 0.248. The molecule has 0 amide bonds. The Bertz CT molecular complexity index is 1690. The molecular weight excluding hydrogens is 557 g/mol. The number of rotatable bonds is 8. The van der Waals surface area contributed by atoms with Crippen LogP contribution < -0.4 is 24.6 Å². The minimum Gasteiger partial charge on any atom is -0.495 e. The van der Waals surface area contributed by atoms with Gasteiger partial charge in [0.2, 0.25) is 10.0 Å². The van der Waals surface area contributed by atoms with Gasteiger partial charge >= 0.3 is 0 Å². The topological polar surface area (TPSA) is 91.7 Å². The number of sulfonamides is 1. The van der Waals surface area contributed by atoms with Crippen LogP contribution in [0.2, 0.25) is 0 Å². The molecule has 2 atom stereocenters. The van der Waals surface area contributed by atoms with E-state index in [4.69, 9.17) is 17.0 Å². The first-order chi connectivity index (χ1) is 19.5. The van der Waals surface area contributed by atoms with Crippen LogP contribution in [0.1, 0.15) is 34.7 Å². The number of nitrogens with zero attached hydrogens (tertiary/aromatic N) is 4. The summed E-state index contributed by atoms with van der Waals surface area (Å²) in [5.41, 5.74) is 7.34. The maximum atomic E-state index is 12.1. The third-order valence-corrected chi connectivity index (χ3v) is 8.17. The van der Waals surface area contributed by atoms with Crippen molar-refractivity contribution in [1.82, 2.24) is 14.9 Å². The molecule has 0 bridgehead atoms. The average molecular weight is 591 g/mol. The van der Waals surface area contributed by atoms with Gasteiger partial charge in [0.15, 0.2) is 5.11 Å². The smallest absolute Gasteiger partial charge is 0.229 e. The van der Waals surface area contributed by atoms with Gasteiger partial charge in [-0.2, -0.15) is 0 Å². The van der Waals surface area contributed by atoms with Crippen LogP contribution in [0.4, 0.5) is 17.1 Å². The van der Waals surface area contributed by atoms with Gasteiger partial charge in [0.25, 0.3) is 0 Å². The van der Waals surface area contributed by atoms with E-state index in [1.807, 2.05) is 43.3 Å². The van der Waals surface area contributed by atoms with Crippen LogP contribution in [0.25, 0.3) is 5.69 Å². The molecule has 1 fully saturated rings. The van der Waals surface area contributed by atoms with Crippen molar-refractivity contribution in [3.05, 3.63) is 95.6 Å². The number of anilines is 3. The second kappa shape index (κ2) is 11.1. The molecule has 2 N–H and O–H groups in total. The van der Waals surface area contributed by atoms with Gasteiger partial charge in [-0.05, 0) is 92.3 Å². The molecular formula is C30H34N6O3S2. The number of aromatic nitrogens is 2. The lowest BCUT2D eigenvalue weighted by atomic mass is 9.96. The lowest BCUT2D eigenvalue weighted by Crippen LogP contribution is -2.29. The van der Waals surface area contributed by atoms with Crippen LogP contribution >= 0.6 is 12.2 Å². The van der Waals surface area contributed by atoms with Gasteiger partial charge in [0, 0.05) is 48.7 Å². The lowest BCUT2D eigenvalue weighted by molar-refractivity contribution is 0.417. The third-order valence-electron chi connectivity index (χ3n) is 7.27. The van der Waals surface area contributed by atoms with E-state index in [2.05, 4.69) is 68.7 Å². The highest BCUT2D eigenvalue weighted by Gasteiger charge is 2.42. The van der Waals surface area contributed by atoms with Crippen molar-refractivity contribution in [3.8, 4) is 11.4 Å². The van der Waals surface area contributed by atoms with Crippen molar-refractivity contribution in [2.75, 3.05) is 42.0 Å². The molecule has 11 heteroatoms. The summed E-state index contributed by atoms with van der Waals surface area (Å²) in [5, 5.41) is 4.00. The highest BCUT2D eigenvalue weighted by molar-refractivity contribution is 7.92. The zero-order valence-electron chi connectivity index (χ0n) is 23.9. The molecule has 3 heterocycles. The monoisotopic (exact) mass is 590 g/mol. The molecule has 1 saturated heterocycles. The van der Waals surface area contributed by atoms with Gasteiger partial charge in [-0.25, -0.2) is 8.42 Å². The van der Waals surface area contributed by atoms with E-state index in [0.29, 0.717) is 16.5 Å². The molecule has 5 rings (SSSR count). The quantitative estimate of drug-likeness (QED) is 0.274. The highest BCUT2D eigenvalue weighted by atomic mass is 32.2. The van der Waals surface area contributed by atoms with Gasteiger partial charge in [-0.1, -0.05) is 6.07 Å². The molecule has 1 aliphatic rings. The zero-order valence-corrected chi connectivity index (χ0v) is 25.5. The van der Waals surface area contributed by atoms with Crippen molar-refractivity contribution >= 4 is 44.4 Å². The Kier molecular flexibility index (Phi) is 7.67. The van der Waals surface area contributed by atoms with Gasteiger partial charge in [0.05, 0.1) is 36.8 Å². The molecule has 1 aliphatic heterocycles. The van der Waals surface area contributed by atoms with Crippen LogP contribution in [0.3, 0.4) is 0 Å². The number of nitrogens with one attached hydrogen (secondary N) is 2. The summed E-state index contributed by atoms with van der Waals surface area (Å²) in [7, 11) is 2.01. The number of methoxy groups -OCH3 is 1. The summed E-state index contributed by atoms with van der Waals surface area (Å²) in [5.74, 6) is 0.412. The summed E-state index contributed by atoms with van der Waals surface area (Å²) in [4.78, 5) is 8.77. The van der Waals surface area contributed by atoms with E-state index >= 15 is 0 Å². The van der Waals surface area contributed by atoms with E-state index in [1.165, 1.54) is 7.11 Å². The molecule has 9 nitrogen and oxygen atoms in total. The summed E-state index contributed by atoms with van der Waals surface area (Å²) in [6, 6.07) is 21.4. The van der Waals surface area contributed by atoms with Crippen LogP contribution in [-0.2, 0) is 10.0 Å². The number of hydrogen-bond acceptors (Lipinski definition) is 6. The minimum atomic E-state index is -3.54. The fourth-order valence-electron chi connectivity index (χ4n) is 5.46. The van der Waals surface area contributed by atoms with Crippen LogP contribution in [0.15, 0.2) is 72.9 Å². The Hall–Kier alpha value is -4.09. The second-order valence-electron chi connectivity index (χ2n) is 10.3. The number of thiocarbonyl (C=S) groups is 1. The maximum Gasteiger partial charge on any atom is 0.229 e. The largest absolute Gasteiger partial charge is 0.495 e. The van der Waals surface area contributed by atoms with E-state index in [1.54, 1.807) is 18.3 Å². The summed E-state index contributed by atoms with van der Waals surface area (Å²) in [6.45, 7) is 4.21. The molecule has 0 aliphatic carbocycles. The lowest BCUT2D eigenvalue weighted by Gasteiger charge is -2.29. The van der Waals surface area contributed by atoms with Gasteiger partial charge < -0.3 is 24.4 Å². The zero-order chi connectivity index (χ0) is 29.5. The standard InChI is InChI=1S/C30H34N6O3S2/c1-19-17-24(20(2)35(19)22-12-10-21(11-13-22)34(3)4)29-28(25-9-7-8-16-31-25)32-30(40)36(29)23-14-15-27(39-5)26(18-23)33-41(6,37)38/h7-18,28-29,33H,1-6H3,(H,32,40)/t28-,29-/m0/s1. The number of ether oxygens (including phenoxy) is 1. The molecule has 0 radical (unpaired) electrons. The Morgan fingerprint density at radius 1 is 1.02 bits per heavy atom. The molecule has 2 aromatic heterocycles. The average Bonchev–Trinajstić information content (AvgIpc) is 3.43. The molecule has 41 heavy (non-hydrogen) atoms. The Balaban J connectivity index is 1.66. The predicted octanol–water partition coefficient (Wildman–Crippen LogP) is 5.11. The number of hydrogen-bond donors (Lipinski definition) is 2. The fourth-order valence-corrected chi connectivity index (χ4v) is 6.36. The van der Waals surface area contributed by atoms with Crippen molar-refractivity contribution in [2.45, 2.75) is 25.9 Å². The van der Waals surface area contributed by atoms with E-state index < -0.39 is 10.0 Å². The maximum absolute atomic E-state index is 12.1. The molecule has 0 spiro atoms. The SMILES string of the molecule is COc1ccc(N2C(=S)N[C@@H](c3ccccn3)[C@@H]2c2cc(C)n(-c3ccc(N(C)C)cc3)c2C)cc1NS(C)(=O)=O. The highest BCUT2D eigenvalue weighted by Crippen LogP contribution is 2.45. The molecule has 0 saturated carbocycles. The van der Waals surface area contributed by atoms with Gasteiger partial charge in [0.1, 0.15) is 5.75 Å². The third kappa shape index (κ3) is 5.59. The van der Waals surface area contributed by atoms with Crippen molar-refractivity contribution < 1.29 is 13.2 Å². The van der Waals surface area contributed by atoms with Gasteiger partial charge in [-0.15, -0.1) is 0 Å². The number of pyridine rings is 1. The Morgan fingerprint density at radius 2 is 1.73 bits per heavy atom. The first-order valence-electron chi connectivity index (χ1n) is 13.1. The van der Waals surface area contributed by atoms with Crippen LogP contribution in [-0.4, -0.2) is 50.5 Å². The van der Waals surface area contributed by atoms with Crippen LogP contribution in [0.5, 0.6) is 5.75 Å². The number of aryl methyl sites for hydroxylation is 1. The summed E-state index contributed by atoms with van der Waals surface area (Å²) >= 11 is 5.91. The summed E-state index contributed by atoms with van der Waals surface area (Å²) < 4.78 is 34.5. The fraction of sp³-hybridized carbons (Fsp3) is 0.267. The van der Waals surface area contributed by atoms with Crippen LogP contribution in [0, 0.1) is 13.8 Å². The van der Waals surface area contributed by atoms with E-state index in [9.17, 15) is 8.42 Å². The second-order valence-corrected chi connectivity index (χ2v) is 12.5. The normalized spacial score (nSPS) is 16.9. The molecule has 4 aromatic rings. The van der Waals surface area contributed by atoms with Crippen molar-refractivity contribution in [3.63, 3.8) is 0 Å². The first kappa shape index (κ1) is 28.4. The summed E-state index contributed by atoms with van der Waals surface area (Å²) in [6.07, 6.45) is 2.89. The van der Waals surface area contributed by atoms with Gasteiger partial charge in [-0.3, -0.25) is 9.71 Å². The Morgan fingerprint density at radius 3 is 2.34 bits per heavy atom. The molecule has 2 aromatic carbocycles. The van der Waals surface area contributed by atoms with E-state index in [0.717, 1.165) is 46.0 Å². The van der Waals surface area contributed by atoms with E-state index in [-0.39, 0.29) is 12.1 Å². The van der Waals surface area contributed by atoms with Crippen molar-refractivity contribution in [1.29, 1.82) is 0 Å². The number of benzene rings is 2. The first-order valence-corrected chi connectivity index (χ1v) is 15.4. The predicted molar refractivity (Wildman–Crippen MR) is 169 cm³/mol. The molecule has 214 valence electrons. The Labute approximate surface area is 246 Å².